The van der Waals surface area contributed by atoms with Crippen molar-refractivity contribution in [1.82, 2.24) is 15.5 Å². The highest BCUT2D eigenvalue weighted by Gasteiger charge is 2.31. The summed E-state index contributed by atoms with van der Waals surface area (Å²) in [6, 6.07) is 0.227. The largest absolute Gasteiger partial charge is 0.373 e. The lowest BCUT2D eigenvalue weighted by Gasteiger charge is -2.40. The van der Waals surface area contributed by atoms with Gasteiger partial charge in [0.2, 0.25) is 5.91 Å². The van der Waals surface area contributed by atoms with Gasteiger partial charge >= 0.3 is 0 Å². The molecule has 2 aliphatic rings. The number of nitrogens with one attached hydrogen (secondary N) is 2. The number of carbonyl (C=O) groups excluding carboxylic acids is 1. The minimum Gasteiger partial charge on any atom is -0.373 e. The molecule has 0 aromatic heterocycles. The van der Waals surface area contributed by atoms with Crippen molar-refractivity contribution in [3.63, 3.8) is 0 Å². The molecule has 1 saturated carbocycles. The maximum absolute atomic E-state index is 11.8. The van der Waals surface area contributed by atoms with Gasteiger partial charge in [-0.2, -0.15) is 0 Å². The first-order valence-electron chi connectivity index (χ1n) is 8.57. The number of hydrogen-bond acceptors (Lipinski definition) is 3. The third-order valence-electron chi connectivity index (χ3n) is 4.11. The number of carbonyl (C=O) groups is 1. The van der Waals surface area contributed by atoms with E-state index >= 15 is 0 Å². The molecule has 128 valence electrons. The van der Waals surface area contributed by atoms with Gasteiger partial charge in [0.05, 0.1) is 12.6 Å². The molecular weight excluding hydrogens is 274 g/mol. The summed E-state index contributed by atoms with van der Waals surface area (Å²) in [5, 5.41) is 6.13. The van der Waals surface area contributed by atoms with E-state index in [4.69, 9.17) is 0 Å². The van der Waals surface area contributed by atoms with E-state index in [0.717, 1.165) is 6.54 Å². The van der Waals surface area contributed by atoms with Gasteiger partial charge in [0.15, 0.2) is 0 Å². The number of rotatable bonds is 5. The first-order chi connectivity index (χ1) is 10.7. The Labute approximate surface area is 137 Å². The number of likely N-dealkylation sites (N-methyl/N-ethyl adjacent to an activating group) is 2. The van der Waals surface area contributed by atoms with Gasteiger partial charge in [-0.15, -0.1) is 13.2 Å². The molecule has 0 bridgehead atoms. The average molecular weight is 309 g/mol. The Morgan fingerprint density at radius 3 is 2.32 bits per heavy atom. The van der Waals surface area contributed by atoms with Crippen molar-refractivity contribution < 1.29 is 4.79 Å². The van der Waals surface area contributed by atoms with Crippen LogP contribution >= 0.6 is 0 Å². The minimum absolute atomic E-state index is 0.106. The smallest absolute Gasteiger partial charge is 0.234 e. The third-order valence-corrected chi connectivity index (χ3v) is 4.11. The summed E-state index contributed by atoms with van der Waals surface area (Å²) in [5.74, 6) is 0.725. The summed E-state index contributed by atoms with van der Waals surface area (Å²) in [5.41, 5.74) is 1.31. The quantitative estimate of drug-likeness (QED) is 0.768. The van der Waals surface area contributed by atoms with E-state index in [2.05, 4.69) is 41.8 Å². The molecule has 4 heteroatoms. The number of amides is 1. The van der Waals surface area contributed by atoms with E-state index in [0.29, 0.717) is 12.5 Å². The highest BCUT2D eigenvalue weighted by atomic mass is 16.2. The van der Waals surface area contributed by atoms with Gasteiger partial charge in [0.25, 0.3) is 0 Å². The molecule has 1 unspecified atom stereocenters. The molecule has 0 aromatic rings. The Balaban J connectivity index is 0.00000102. The van der Waals surface area contributed by atoms with Crippen LogP contribution in [0, 0.1) is 5.92 Å². The van der Waals surface area contributed by atoms with Gasteiger partial charge < -0.3 is 15.5 Å². The van der Waals surface area contributed by atoms with E-state index in [1.54, 1.807) is 0 Å². The second kappa shape index (κ2) is 12.3. The fourth-order valence-electron chi connectivity index (χ4n) is 3.03. The fourth-order valence-corrected chi connectivity index (χ4v) is 3.03. The standard InChI is InChI=1S/C14H25N3O.C2H6.C2H4/c1-15-10-13(18)16-14(12-8-9-17(12)2)11-6-4-3-5-7-11;2*1-2/h8,11,14-15H,3-7,9-10H2,1-2H3,(H,16,18);1-2H3;1-2H2. The Morgan fingerprint density at radius 2 is 1.91 bits per heavy atom. The summed E-state index contributed by atoms with van der Waals surface area (Å²) >= 11 is 0. The van der Waals surface area contributed by atoms with Crippen molar-refractivity contribution in [2.45, 2.75) is 52.0 Å². The molecule has 0 aromatic carbocycles. The van der Waals surface area contributed by atoms with E-state index < -0.39 is 0 Å². The molecule has 1 fully saturated rings. The Morgan fingerprint density at radius 1 is 1.32 bits per heavy atom. The lowest BCUT2D eigenvalue weighted by molar-refractivity contribution is -0.121. The zero-order valence-electron chi connectivity index (χ0n) is 15.0. The second-order valence-corrected chi connectivity index (χ2v) is 5.48. The number of hydrogen-bond donors (Lipinski definition) is 2. The Hall–Kier alpha value is -1.29. The van der Waals surface area contributed by atoms with Crippen LogP contribution in [0.5, 0.6) is 0 Å². The highest BCUT2D eigenvalue weighted by Crippen LogP contribution is 2.32. The second-order valence-electron chi connectivity index (χ2n) is 5.48. The Kier molecular flexibility index (Phi) is 11.6. The summed E-state index contributed by atoms with van der Waals surface area (Å²) in [7, 11) is 3.92. The van der Waals surface area contributed by atoms with Crippen LogP contribution < -0.4 is 10.6 Å². The summed E-state index contributed by atoms with van der Waals surface area (Å²) in [6.45, 7) is 11.4. The van der Waals surface area contributed by atoms with Gasteiger partial charge in [-0.3, -0.25) is 4.79 Å². The van der Waals surface area contributed by atoms with Crippen LogP contribution in [0.2, 0.25) is 0 Å². The number of nitrogens with zero attached hydrogens (tertiary/aromatic N) is 1. The topological polar surface area (TPSA) is 44.4 Å². The average Bonchev–Trinajstić information content (AvgIpc) is 2.57. The van der Waals surface area contributed by atoms with E-state index in [1.807, 2.05) is 20.9 Å². The molecule has 1 amide bonds. The maximum atomic E-state index is 11.8. The summed E-state index contributed by atoms with van der Waals surface area (Å²) < 4.78 is 0. The van der Waals surface area contributed by atoms with Crippen LogP contribution in [0.3, 0.4) is 0 Å². The summed E-state index contributed by atoms with van der Waals surface area (Å²) in [4.78, 5) is 14.1. The zero-order chi connectivity index (χ0) is 17.0. The van der Waals surface area contributed by atoms with Crippen LogP contribution in [0.1, 0.15) is 46.0 Å². The van der Waals surface area contributed by atoms with Gasteiger partial charge in [0, 0.05) is 19.3 Å². The van der Waals surface area contributed by atoms with Crippen LogP contribution in [-0.2, 0) is 4.79 Å². The SMILES string of the molecule is C=C.CC.CNCC(=O)NC(C1=CCN1C)C1CCCCC1. The highest BCUT2D eigenvalue weighted by molar-refractivity contribution is 5.78. The van der Waals surface area contributed by atoms with Gasteiger partial charge in [-0.25, -0.2) is 0 Å². The molecule has 4 nitrogen and oxygen atoms in total. The third kappa shape index (κ3) is 6.22. The monoisotopic (exact) mass is 309 g/mol. The molecule has 2 rings (SSSR count). The molecule has 1 aliphatic heterocycles. The van der Waals surface area contributed by atoms with Crippen molar-refractivity contribution in [3.05, 3.63) is 24.9 Å². The Bertz CT molecular complexity index is 335. The molecule has 2 N–H and O–H groups in total. The van der Waals surface area contributed by atoms with Crippen molar-refractivity contribution in [2.75, 3.05) is 27.2 Å². The molecule has 1 heterocycles. The first kappa shape index (κ1) is 20.7. The van der Waals surface area contributed by atoms with Crippen LogP contribution in [-0.4, -0.2) is 44.0 Å². The van der Waals surface area contributed by atoms with Crippen molar-refractivity contribution >= 4 is 5.91 Å². The van der Waals surface area contributed by atoms with Crippen molar-refractivity contribution in [1.29, 1.82) is 0 Å². The van der Waals surface area contributed by atoms with E-state index in [9.17, 15) is 4.79 Å². The molecule has 1 atom stereocenters. The van der Waals surface area contributed by atoms with Gasteiger partial charge in [0.1, 0.15) is 0 Å². The predicted octanol–water partition coefficient (Wildman–Crippen LogP) is 2.93. The zero-order valence-corrected chi connectivity index (χ0v) is 15.0. The molecule has 22 heavy (non-hydrogen) atoms. The van der Waals surface area contributed by atoms with Gasteiger partial charge in [-0.05, 0) is 31.9 Å². The van der Waals surface area contributed by atoms with Crippen molar-refractivity contribution in [2.24, 2.45) is 5.92 Å². The lowest BCUT2D eigenvalue weighted by Crippen LogP contribution is -2.50. The maximum Gasteiger partial charge on any atom is 0.234 e. The summed E-state index contributed by atoms with van der Waals surface area (Å²) in [6.07, 6.45) is 8.70. The minimum atomic E-state index is 0.106. The van der Waals surface area contributed by atoms with Gasteiger partial charge in [-0.1, -0.05) is 33.1 Å². The fraction of sp³-hybridized carbons (Fsp3) is 0.722. The molecule has 1 aliphatic carbocycles. The van der Waals surface area contributed by atoms with Crippen LogP contribution in [0.25, 0.3) is 0 Å². The lowest BCUT2D eigenvalue weighted by atomic mass is 9.81. The van der Waals surface area contributed by atoms with Crippen LogP contribution in [0.15, 0.2) is 24.9 Å². The van der Waals surface area contributed by atoms with Crippen LogP contribution in [0.4, 0.5) is 0 Å². The van der Waals surface area contributed by atoms with E-state index in [1.165, 1.54) is 37.8 Å². The molecule has 0 spiro atoms. The van der Waals surface area contributed by atoms with Crippen molar-refractivity contribution in [3.8, 4) is 0 Å². The van der Waals surface area contributed by atoms with E-state index in [-0.39, 0.29) is 11.9 Å². The first-order valence-corrected chi connectivity index (χ1v) is 8.57. The molecule has 0 saturated heterocycles. The predicted molar refractivity (Wildman–Crippen MR) is 95.7 cm³/mol. The molecular formula is C18H35N3O. The molecule has 0 radical (unpaired) electrons. The normalized spacial score (nSPS) is 18.5.